The molecule has 6 saturated heterocycles. The van der Waals surface area contributed by atoms with E-state index < -0.39 is 30.0 Å². The Kier molecular flexibility index (Phi) is 10.1. The Morgan fingerprint density at radius 2 is 1.68 bits per heavy atom. The van der Waals surface area contributed by atoms with E-state index in [0.717, 1.165) is 77.5 Å². The van der Waals surface area contributed by atoms with Crippen molar-refractivity contribution in [2.45, 2.75) is 119 Å². The second-order valence-corrected chi connectivity index (χ2v) is 15.0. The largest absolute Gasteiger partial charge is 0.350 e. The summed E-state index contributed by atoms with van der Waals surface area (Å²) >= 11 is 0. The number of hydrazine groups is 1. The highest BCUT2D eigenvalue weighted by atomic mass is 19.1. The molecular formula is C35H54F2N8O2. The summed E-state index contributed by atoms with van der Waals surface area (Å²) in [5.41, 5.74) is 10.1. The van der Waals surface area contributed by atoms with Crippen molar-refractivity contribution in [1.29, 1.82) is 0 Å². The minimum absolute atomic E-state index is 0.0917. The molecule has 12 heteroatoms. The zero-order valence-corrected chi connectivity index (χ0v) is 27.7. The fourth-order valence-corrected chi connectivity index (χ4v) is 9.60. The molecule has 1 saturated carbocycles. The number of benzene rings is 1. The van der Waals surface area contributed by atoms with Crippen molar-refractivity contribution < 1.29 is 18.4 Å². The number of nitrogens with zero attached hydrogens (tertiary/aromatic N) is 3. The molecule has 6 unspecified atom stereocenters. The molecule has 260 valence electrons. The molecule has 7 aliphatic rings. The number of hydrogen-bond donors (Lipinski definition) is 5. The van der Waals surface area contributed by atoms with Crippen LogP contribution in [0.15, 0.2) is 18.2 Å². The summed E-state index contributed by atoms with van der Waals surface area (Å²) in [6, 6.07) is 4.88. The van der Waals surface area contributed by atoms with Gasteiger partial charge < -0.3 is 26.2 Å². The lowest BCUT2D eigenvalue weighted by Crippen LogP contribution is -2.68. The Morgan fingerprint density at radius 1 is 0.957 bits per heavy atom. The summed E-state index contributed by atoms with van der Waals surface area (Å²) in [6.07, 6.45) is 10.3. The lowest BCUT2D eigenvalue weighted by atomic mass is 9.68. The van der Waals surface area contributed by atoms with Crippen LogP contribution >= 0.6 is 0 Å². The lowest BCUT2D eigenvalue weighted by molar-refractivity contribution is -0.129. The highest BCUT2D eigenvalue weighted by molar-refractivity contribution is 5.94. The van der Waals surface area contributed by atoms with E-state index in [2.05, 4.69) is 26.3 Å². The van der Waals surface area contributed by atoms with Crippen LogP contribution in [0.4, 0.5) is 8.78 Å². The molecule has 1 aromatic carbocycles. The van der Waals surface area contributed by atoms with E-state index in [4.69, 9.17) is 5.73 Å². The van der Waals surface area contributed by atoms with Gasteiger partial charge in [-0.05, 0) is 56.3 Å². The standard InChI is InChI=1S/C35H54F2N8O2/c36-24-21-39-32-29(31(38)42-45(32)22-24)33(46)41-30-27(10-15-40-35(30)13-6-4-2-1-3-5-7-14-35)26-9-8-23(20-28(26)37)34(47)44-19-18-43-16-11-25(44)12-17-43/h8-9,20,24-25,27,29-32,39-40,42H,1-7,10-19,21-22,38H2,(H,41,46). The predicted molar refractivity (Wildman–Crippen MR) is 176 cm³/mol. The van der Waals surface area contributed by atoms with Gasteiger partial charge in [0.05, 0.1) is 24.3 Å². The number of piperidine rings is 2. The normalized spacial score (nSPS) is 36.4. The van der Waals surface area contributed by atoms with Gasteiger partial charge in [-0.25, -0.2) is 19.2 Å². The van der Waals surface area contributed by atoms with Gasteiger partial charge in [0.1, 0.15) is 12.0 Å². The van der Waals surface area contributed by atoms with Crippen LogP contribution in [0.3, 0.4) is 0 Å². The van der Waals surface area contributed by atoms with Crippen LogP contribution in [0, 0.1) is 11.7 Å². The number of carbonyl (C=O) groups excluding carboxylic acids is 2. The monoisotopic (exact) mass is 656 g/mol. The minimum atomic E-state index is -1.05. The molecule has 47 heavy (non-hydrogen) atoms. The second kappa shape index (κ2) is 14.3. The van der Waals surface area contributed by atoms with Crippen LogP contribution < -0.4 is 27.1 Å². The smallest absolute Gasteiger partial charge is 0.254 e. The van der Waals surface area contributed by atoms with Crippen LogP contribution in [0.25, 0.3) is 0 Å². The molecule has 6 heterocycles. The third-order valence-corrected chi connectivity index (χ3v) is 12.2. The Balaban J connectivity index is 1.17. The molecule has 6 aliphatic heterocycles. The van der Waals surface area contributed by atoms with Crippen molar-refractivity contribution in [3.05, 3.63) is 35.1 Å². The topological polar surface area (TPSA) is 118 Å². The second-order valence-electron chi connectivity index (χ2n) is 15.0. The molecule has 10 nitrogen and oxygen atoms in total. The van der Waals surface area contributed by atoms with Gasteiger partial charge in [-0.3, -0.25) is 14.9 Å². The number of nitrogens with one attached hydrogen (secondary N) is 4. The van der Waals surface area contributed by atoms with Crippen LogP contribution in [0.5, 0.6) is 0 Å². The Morgan fingerprint density at radius 3 is 2.40 bits per heavy atom. The first-order valence-electron chi connectivity index (χ1n) is 18.4. The molecule has 6 atom stereocenters. The summed E-state index contributed by atoms with van der Waals surface area (Å²) < 4.78 is 30.6. The molecule has 1 aliphatic carbocycles. The molecule has 1 aromatic rings. The molecule has 7 fully saturated rings. The highest BCUT2D eigenvalue weighted by Crippen LogP contribution is 2.41. The Bertz CT molecular complexity index is 1270. The molecule has 0 aromatic heterocycles. The van der Waals surface area contributed by atoms with E-state index in [0.29, 0.717) is 24.1 Å². The van der Waals surface area contributed by atoms with Gasteiger partial charge in [-0.1, -0.05) is 51.0 Å². The van der Waals surface area contributed by atoms with Crippen molar-refractivity contribution in [3.8, 4) is 0 Å². The number of alkyl halides is 1. The summed E-state index contributed by atoms with van der Waals surface area (Å²) in [5, 5.41) is 12.2. The number of carbonyl (C=O) groups is 2. The fourth-order valence-electron chi connectivity index (χ4n) is 9.60. The average molecular weight is 657 g/mol. The number of hydrogen-bond acceptors (Lipinski definition) is 8. The maximum atomic E-state index is 16.4. The number of halogens is 2. The van der Waals surface area contributed by atoms with Crippen molar-refractivity contribution in [3.63, 3.8) is 0 Å². The van der Waals surface area contributed by atoms with E-state index >= 15 is 4.39 Å². The SMILES string of the molecule is NC1NN2CC(F)CNC2C1C(=O)NC1C(c2ccc(C(=O)N3CCN4CCC3CC4)cc2F)CCNC12CCCCCCCCC2. The molecule has 8 rings (SSSR count). The predicted octanol–water partition coefficient (Wildman–Crippen LogP) is 2.56. The molecule has 2 bridgehead atoms. The van der Waals surface area contributed by atoms with Crippen LogP contribution in [0.2, 0.25) is 0 Å². The number of rotatable bonds is 4. The lowest BCUT2D eigenvalue weighted by Gasteiger charge is -2.50. The summed E-state index contributed by atoms with van der Waals surface area (Å²) in [6.45, 7) is 4.63. The van der Waals surface area contributed by atoms with Gasteiger partial charge in [-0.2, -0.15) is 0 Å². The van der Waals surface area contributed by atoms with Crippen molar-refractivity contribution in [2.75, 3.05) is 45.8 Å². The molecule has 0 radical (unpaired) electrons. The van der Waals surface area contributed by atoms with E-state index in [1.54, 1.807) is 17.1 Å². The van der Waals surface area contributed by atoms with Gasteiger partial charge in [0, 0.05) is 62.3 Å². The average Bonchev–Trinajstić information content (AvgIpc) is 3.18. The van der Waals surface area contributed by atoms with E-state index in [1.165, 1.54) is 25.3 Å². The van der Waals surface area contributed by atoms with E-state index in [9.17, 15) is 14.0 Å². The van der Waals surface area contributed by atoms with Crippen molar-refractivity contribution in [2.24, 2.45) is 11.7 Å². The van der Waals surface area contributed by atoms with Crippen LogP contribution in [-0.4, -0.2) is 109 Å². The highest BCUT2D eigenvalue weighted by Gasteiger charge is 2.51. The first-order valence-corrected chi connectivity index (χ1v) is 18.4. The summed E-state index contributed by atoms with van der Waals surface area (Å²) in [4.78, 5) is 32.3. The fraction of sp³-hybridized carbons (Fsp3) is 0.771. The van der Waals surface area contributed by atoms with E-state index in [1.807, 2.05) is 4.90 Å². The van der Waals surface area contributed by atoms with Gasteiger partial charge in [-0.15, -0.1) is 0 Å². The first kappa shape index (κ1) is 33.3. The van der Waals surface area contributed by atoms with Crippen molar-refractivity contribution >= 4 is 11.8 Å². The zero-order chi connectivity index (χ0) is 32.5. The number of fused-ring (bicyclic) bond motifs is 5. The van der Waals surface area contributed by atoms with Gasteiger partial charge in [0.25, 0.3) is 5.91 Å². The minimum Gasteiger partial charge on any atom is -0.350 e. The first-order chi connectivity index (χ1) is 22.8. The van der Waals surface area contributed by atoms with Crippen LogP contribution in [-0.2, 0) is 4.79 Å². The maximum Gasteiger partial charge on any atom is 0.254 e. The van der Waals surface area contributed by atoms with Gasteiger partial charge in [0.2, 0.25) is 5.91 Å². The molecule has 1 spiro atoms. The van der Waals surface area contributed by atoms with Crippen LogP contribution in [0.1, 0.15) is 98.9 Å². The molecule has 6 N–H and O–H groups in total. The summed E-state index contributed by atoms with van der Waals surface area (Å²) in [7, 11) is 0. The number of amides is 2. The third-order valence-electron chi connectivity index (χ3n) is 12.2. The van der Waals surface area contributed by atoms with E-state index in [-0.39, 0.29) is 48.7 Å². The Hall–Kier alpha value is -2.22. The quantitative estimate of drug-likeness (QED) is 0.336. The third kappa shape index (κ3) is 6.83. The molecular weight excluding hydrogens is 602 g/mol. The number of nitrogens with two attached hydrogens (primary N) is 1. The Labute approximate surface area is 277 Å². The maximum absolute atomic E-state index is 16.4. The zero-order valence-electron chi connectivity index (χ0n) is 27.7. The van der Waals surface area contributed by atoms with Gasteiger partial charge in [0.15, 0.2) is 0 Å². The molecule has 2 amide bonds. The summed E-state index contributed by atoms with van der Waals surface area (Å²) in [5.74, 6) is -1.58. The van der Waals surface area contributed by atoms with Crippen molar-refractivity contribution in [1.82, 2.24) is 36.2 Å². The van der Waals surface area contributed by atoms with Gasteiger partial charge >= 0.3 is 0 Å².